The molecule has 3 aliphatic rings. The van der Waals surface area contributed by atoms with E-state index >= 15 is 0 Å². The van der Waals surface area contributed by atoms with Crippen LogP contribution in [0.25, 0.3) is 66.4 Å². The highest BCUT2D eigenvalue weighted by Crippen LogP contribution is 2.63. The van der Waals surface area contributed by atoms with Gasteiger partial charge in [0.05, 0.1) is 5.41 Å². The molecule has 11 aromatic carbocycles. The molecule has 2 atom stereocenters. The summed E-state index contributed by atoms with van der Waals surface area (Å²) >= 11 is 0. The summed E-state index contributed by atoms with van der Waals surface area (Å²) in [4.78, 5) is 0. The van der Waals surface area contributed by atoms with Crippen molar-refractivity contribution in [1.29, 1.82) is 0 Å². The van der Waals surface area contributed by atoms with Crippen molar-refractivity contribution in [3.8, 4) is 55.6 Å². The molecule has 0 nitrogen and oxygen atoms in total. The summed E-state index contributed by atoms with van der Waals surface area (Å²) in [7, 11) is 0. The number of hydrogen-bond acceptors (Lipinski definition) is 0. The standard InChI is InChI=1S/C67H44/c1-4-16-43(17-5-1)45-28-31-46(32-29-45)63-55-26-13-12-24-53(55)60-41-48(34-36-56(60)63)49-35-37-57-61(42-49)58-38-39-59-54-25-14-15-27-62(54)67(51-20-6-2-7-21-51,52-22-8-3-9-23-52)66(59)65(58)64(57)50-33-30-44-18-10-11-19-47(44)40-50/h1-42,63-64H. The van der Waals surface area contributed by atoms with Crippen molar-refractivity contribution in [1.82, 2.24) is 0 Å². The predicted molar refractivity (Wildman–Crippen MR) is 278 cm³/mol. The van der Waals surface area contributed by atoms with Crippen molar-refractivity contribution < 1.29 is 0 Å². The van der Waals surface area contributed by atoms with E-state index in [1.807, 2.05) is 0 Å². The fourth-order valence-corrected chi connectivity index (χ4v) is 12.5. The molecule has 11 aromatic rings. The predicted octanol–water partition coefficient (Wildman–Crippen LogP) is 16.9. The lowest BCUT2D eigenvalue weighted by Crippen LogP contribution is -2.30. The van der Waals surface area contributed by atoms with Crippen LogP contribution in [0.15, 0.2) is 255 Å². The van der Waals surface area contributed by atoms with Gasteiger partial charge in [0.1, 0.15) is 0 Å². The zero-order valence-electron chi connectivity index (χ0n) is 36.9. The smallest absolute Gasteiger partial charge is 0.0622 e. The third kappa shape index (κ3) is 5.60. The van der Waals surface area contributed by atoms with Crippen molar-refractivity contribution in [2.75, 3.05) is 0 Å². The van der Waals surface area contributed by atoms with E-state index in [4.69, 9.17) is 0 Å². The molecule has 0 heterocycles. The molecule has 0 radical (unpaired) electrons. The van der Waals surface area contributed by atoms with E-state index in [2.05, 4.69) is 255 Å². The molecule has 0 aliphatic heterocycles. The number of rotatable bonds is 6. The first-order valence-corrected chi connectivity index (χ1v) is 23.6. The van der Waals surface area contributed by atoms with Gasteiger partial charge < -0.3 is 0 Å². The van der Waals surface area contributed by atoms with E-state index in [9.17, 15) is 0 Å². The Morgan fingerprint density at radius 1 is 0.269 bits per heavy atom. The fraction of sp³-hybridized carbons (Fsp3) is 0.0448. The molecule has 0 spiro atoms. The Hall–Kier alpha value is -8.32. The van der Waals surface area contributed by atoms with Gasteiger partial charge in [0, 0.05) is 11.8 Å². The minimum atomic E-state index is -0.522. The van der Waals surface area contributed by atoms with E-state index in [-0.39, 0.29) is 11.8 Å². The molecule has 0 saturated heterocycles. The topological polar surface area (TPSA) is 0 Å². The molecule has 0 bridgehead atoms. The fourth-order valence-electron chi connectivity index (χ4n) is 12.5. The van der Waals surface area contributed by atoms with Crippen molar-refractivity contribution in [2.24, 2.45) is 0 Å². The zero-order chi connectivity index (χ0) is 44.1. The zero-order valence-corrected chi connectivity index (χ0v) is 36.9. The third-order valence-electron chi connectivity index (χ3n) is 15.3. The molecule has 0 heteroatoms. The van der Waals surface area contributed by atoms with Gasteiger partial charge in [0.25, 0.3) is 0 Å². The SMILES string of the molecule is c1ccc(-c2ccc(C3c4ccccc4-c4cc(-c5ccc6c(c5)-c5ccc7c(c5C6c5ccc6ccccc6c5)C(c5ccccc5)(c5ccccc5)c5ccccc5-7)ccc43)cc2)cc1. The van der Waals surface area contributed by atoms with Crippen LogP contribution < -0.4 is 0 Å². The summed E-state index contributed by atoms with van der Waals surface area (Å²) in [6, 6.07) is 96.0. The second kappa shape index (κ2) is 14.9. The van der Waals surface area contributed by atoms with Crippen LogP contribution in [0.5, 0.6) is 0 Å². The molecule has 0 saturated carbocycles. The lowest BCUT2D eigenvalue weighted by atomic mass is 9.65. The molecule has 312 valence electrons. The Morgan fingerprint density at radius 2 is 0.776 bits per heavy atom. The number of fused-ring (bicyclic) bond motifs is 11. The first-order valence-electron chi connectivity index (χ1n) is 23.6. The summed E-state index contributed by atoms with van der Waals surface area (Å²) in [5, 5.41) is 2.53. The molecule has 67 heavy (non-hydrogen) atoms. The number of hydrogen-bond donors (Lipinski definition) is 0. The van der Waals surface area contributed by atoms with Crippen molar-refractivity contribution >= 4 is 10.8 Å². The first kappa shape index (κ1) is 38.0. The largest absolute Gasteiger partial charge is 0.0716 e. The molecule has 0 amide bonds. The second-order valence-corrected chi connectivity index (χ2v) is 18.6. The Balaban J connectivity index is 0.967. The minimum absolute atomic E-state index is 0.0284. The molecule has 14 rings (SSSR count). The van der Waals surface area contributed by atoms with E-state index in [0.717, 1.165) is 0 Å². The Morgan fingerprint density at radius 3 is 1.49 bits per heavy atom. The van der Waals surface area contributed by atoms with Crippen LogP contribution in [0.2, 0.25) is 0 Å². The first-order chi connectivity index (χ1) is 33.2. The number of benzene rings is 11. The van der Waals surface area contributed by atoms with Crippen molar-refractivity contribution in [2.45, 2.75) is 17.3 Å². The van der Waals surface area contributed by atoms with Gasteiger partial charge in [-0.15, -0.1) is 0 Å². The summed E-state index contributed by atoms with van der Waals surface area (Å²) in [5.74, 6) is 0.209. The van der Waals surface area contributed by atoms with Gasteiger partial charge >= 0.3 is 0 Å². The quantitative estimate of drug-likeness (QED) is 0.156. The second-order valence-electron chi connectivity index (χ2n) is 18.6. The van der Waals surface area contributed by atoms with Crippen LogP contribution in [-0.2, 0) is 5.41 Å². The van der Waals surface area contributed by atoms with Crippen LogP contribution in [0.1, 0.15) is 67.5 Å². The monoisotopic (exact) mass is 848 g/mol. The van der Waals surface area contributed by atoms with Crippen LogP contribution in [0.4, 0.5) is 0 Å². The minimum Gasteiger partial charge on any atom is -0.0622 e. The molecule has 0 fully saturated rings. The van der Waals surface area contributed by atoms with Gasteiger partial charge in [-0.2, -0.15) is 0 Å². The van der Waals surface area contributed by atoms with Gasteiger partial charge in [-0.3, -0.25) is 0 Å². The van der Waals surface area contributed by atoms with Crippen LogP contribution in [0, 0.1) is 0 Å². The average molecular weight is 849 g/mol. The maximum absolute atomic E-state index is 2.50. The average Bonchev–Trinajstić information content (AvgIpc) is 4.03. The van der Waals surface area contributed by atoms with Gasteiger partial charge in [0.2, 0.25) is 0 Å². The molecular weight excluding hydrogens is 805 g/mol. The van der Waals surface area contributed by atoms with Crippen LogP contribution in [-0.4, -0.2) is 0 Å². The highest BCUT2D eigenvalue weighted by molar-refractivity contribution is 5.96. The van der Waals surface area contributed by atoms with E-state index in [1.165, 1.54) is 122 Å². The summed E-state index contributed by atoms with van der Waals surface area (Å²) in [6.45, 7) is 0. The molecule has 0 aromatic heterocycles. The van der Waals surface area contributed by atoms with E-state index in [1.54, 1.807) is 0 Å². The van der Waals surface area contributed by atoms with Crippen LogP contribution >= 0.6 is 0 Å². The maximum atomic E-state index is 2.50. The third-order valence-corrected chi connectivity index (χ3v) is 15.3. The molecule has 3 aliphatic carbocycles. The Bertz CT molecular complexity index is 3690. The lowest BCUT2D eigenvalue weighted by Gasteiger charge is -2.36. The van der Waals surface area contributed by atoms with Crippen LogP contribution in [0.3, 0.4) is 0 Å². The van der Waals surface area contributed by atoms with Crippen molar-refractivity contribution in [3.05, 3.63) is 310 Å². The molecular formula is C67H44. The summed E-state index contributed by atoms with van der Waals surface area (Å²) < 4.78 is 0. The molecule has 2 unspecified atom stereocenters. The highest BCUT2D eigenvalue weighted by Gasteiger charge is 2.50. The van der Waals surface area contributed by atoms with E-state index in [0.29, 0.717) is 0 Å². The van der Waals surface area contributed by atoms with Gasteiger partial charge in [-0.1, -0.05) is 243 Å². The van der Waals surface area contributed by atoms with Gasteiger partial charge in [0.15, 0.2) is 0 Å². The summed E-state index contributed by atoms with van der Waals surface area (Å²) in [6.07, 6.45) is 0. The highest BCUT2D eigenvalue weighted by atomic mass is 14.5. The molecule has 0 N–H and O–H groups in total. The van der Waals surface area contributed by atoms with E-state index < -0.39 is 5.41 Å². The van der Waals surface area contributed by atoms with Gasteiger partial charge in [-0.25, -0.2) is 0 Å². The van der Waals surface area contributed by atoms with Gasteiger partial charge in [-0.05, 0) is 134 Å². The Kier molecular flexibility index (Phi) is 8.43. The summed E-state index contributed by atoms with van der Waals surface area (Å²) in [5.41, 5.74) is 25.8. The Labute approximate surface area is 392 Å². The normalized spacial score (nSPS) is 15.6. The lowest BCUT2D eigenvalue weighted by molar-refractivity contribution is 0.752. The maximum Gasteiger partial charge on any atom is 0.0716 e. The van der Waals surface area contributed by atoms with Crippen molar-refractivity contribution in [3.63, 3.8) is 0 Å².